The van der Waals surface area contributed by atoms with Crippen molar-refractivity contribution < 1.29 is 34.8 Å². The molecule has 9 heterocycles. The number of fused-ring (bicyclic) bond motifs is 5. The van der Waals surface area contributed by atoms with Crippen LogP contribution in [0.1, 0.15) is 33.6 Å². The van der Waals surface area contributed by atoms with Crippen molar-refractivity contribution in [2.24, 2.45) is 0 Å². The number of H-pyrrole nitrogens is 5. The second-order valence-electron chi connectivity index (χ2n) is 25.1. The quantitative estimate of drug-likeness (QED) is 0.0596. The number of carbonyl (C=O) groups is 2. The van der Waals surface area contributed by atoms with Gasteiger partial charge in [-0.15, -0.1) is 0 Å². The Hall–Kier alpha value is -8.34. The number of hydrogen-bond acceptors (Lipinski definition) is 19. The zero-order chi connectivity index (χ0) is 71.3. The van der Waals surface area contributed by atoms with Gasteiger partial charge in [0.25, 0.3) is 0 Å². The predicted molar refractivity (Wildman–Crippen MR) is 399 cm³/mol. The molecule has 4 aliphatic heterocycles. The first-order chi connectivity index (χ1) is 47.9. The molecule has 34 heteroatoms. The van der Waals surface area contributed by atoms with E-state index in [0.717, 1.165) is 149 Å². The van der Waals surface area contributed by atoms with Gasteiger partial charge in [-0.05, 0) is 87.4 Å². The van der Waals surface area contributed by atoms with Gasteiger partial charge >= 0.3 is 0 Å². The van der Waals surface area contributed by atoms with Crippen molar-refractivity contribution in [2.45, 2.75) is 38.9 Å². The average molecular weight is 1470 g/mol. The molecule has 4 aliphatic rings. The SMILES string of the molecule is CC(=O)N1CCCN(c2cccc3[nH]ncc23)CC1.CC(C)S(=O)(=O)N1CCN(c2cc(Cl)cc3[nH]ncc23)CC1.CN(CCNc1cccc2[nH]ncc12)S(C)(=O)=O.CNC(=O)CN1CCN(c2cc(Cl)cc3[nH]ncc23)CC1.CS(=O)(=O)N1CCCN(c2cccc3[nH]ncc23)CC1. The van der Waals surface area contributed by atoms with E-state index in [0.29, 0.717) is 75.5 Å². The number of carbonyl (C=O) groups excluding carboxylic acids is 2. The smallest absolute Gasteiger partial charge is 0.233 e. The maximum absolute atomic E-state index is 12.2. The zero-order valence-electron chi connectivity index (χ0n) is 57.3. The maximum Gasteiger partial charge on any atom is 0.233 e. The lowest BCUT2D eigenvalue weighted by Gasteiger charge is -2.36. The summed E-state index contributed by atoms with van der Waals surface area (Å²) >= 11 is 12.3. The van der Waals surface area contributed by atoms with Crippen LogP contribution in [0.15, 0.2) is 110 Å². The molecule has 538 valence electrons. The van der Waals surface area contributed by atoms with E-state index in [1.54, 1.807) is 55.9 Å². The molecule has 29 nitrogen and oxygen atoms in total. The highest BCUT2D eigenvalue weighted by atomic mass is 35.5. The Bertz CT molecular complexity index is 4740. The van der Waals surface area contributed by atoms with Gasteiger partial charge in [-0.1, -0.05) is 41.4 Å². The molecule has 0 aliphatic carbocycles. The molecule has 0 saturated carbocycles. The molecule has 0 bridgehead atoms. The fourth-order valence-corrected chi connectivity index (χ4v) is 15.5. The molecule has 100 heavy (non-hydrogen) atoms. The van der Waals surface area contributed by atoms with Gasteiger partial charge in [-0.2, -0.15) is 29.8 Å². The monoisotopic (exact) mass is 1470 g/mol. The molecule has 4 fully saturated rings. The minimum absolute atomic E-state index is 0.0587. The number of hydrogen-bond donors (Lipinski definition) is 7. The number of benzene rings is 5. The molecule has 5 aromatic carbocycles. The fourth-order valence-electron chi connectivity index (χ4n) is 12.5. The van der Waals surface area contributed by atoms with Crippen LogP contribution in [0.25, 0.3) is 54.5 Å². The number of likely N-dealkylation sites (N-methyl/N-ethyl adjacent to an activating group) is 2. The van der Waals surface area contributed by atoms with E-state index >= 15 is 0 Å². The first kappa shape index (κ1) is 74.4. The molecule has 7 N–H and O–H groups in total. The molecule has 14 rings (SSSR count). The van der Waals surface area contributed by atoms with E-state index in [2.05, 4.69) is 98.3 Å². The average Bonchev–Trinajstić information content (AvgIpc) is 1.37. The van der Waals surface area contributed by atoms with E-state index < -0.39 is 30.1 Å². The van der Waals surface area contributed by atoms with E-state index in [1.165, 1.54) is 22.5 Å². The Labute approximate surface area is 593 Å². The molecular formula is C66H89Cl2N21O8S3. The Morgan fingerprint density at radius 1 is 0.520 bits per heavy atom. The third kappa shape index (κ3) is 18.8. The third-order valence-electron chi connectivity index (χ3n) is 18.2. The van der Waals surface area contributed by atoms with Crippen molar-refractivity contribution in [2.75, 3.05) is 176 Å². The summed E-state index contributed by atoms with van der Waals surface area (Å²) in [4.78, 5) is 36.0. The number of anilines is 5. The van der Waals surface area contributed by atoms with Crippen molar-refractivity contribution in [1.29, 1.82) is 0 Å². The fraction of sp³-hybridized carbons (Fsp3) is 0.439. The normalized spacial score (nSPS) is 16.3. The van der Waals surface area contributed by atoms with Gasteiger partial charge in [0.2, 0.25) is 41.9 Å². The summed E-state index contributed by atoms with van der Waals surface area (Å²) in [5.74, 6) is 0.229. The highest BCUT2D eigenvalue weighted by Crippen LogP contribution is 2.34. The summed E-state index contributed by atoms with van der Waals surface area (Å²) in [7, 11) is -6.16. The number of rotatable bonds is 14. The van der Waals surface area contributed by atoms with Crippen LogP contribution in [0.5, 0.6) is 0 Å². The number of aromatic nitrogens is 10. The molecule has 0 radical (unpaired) electrons. The molecule has 0 unspecified atom stereocenters. The highest BCUT2D eigenvalue weighted by molar-refractivity contribution is 7.89. The Morgan fingerprint density at radius 2 is 0.940 bits per heavy atom. The Kier molecular flexibility index (Phi) is 24.9. The Balaban J connectivity index is 0.000000135. The summed E-state index contributed by atoms with van der Waals surface area (Å²) in [6.07, 6.45) is 13.4. The lowest BCUT2D eigenvalue weighted by atomic mass is 10.2. The standard InChI is InChI=1S/C14H18ClN5O.C14H19ClN4O2S.C14H18N4O.C13H18N4O2S.C11H16N4O2S/c1-16-14(21)9-19-2-4-20(5-3-19)13-7-10(15)6-12-11(13)8-17-18-12;1-10(2)22(20,21)19-5-3-18(4-6-19)14-8-11(15)7-13-12(14)9-16-17-13;1-11(19)17-6-3-7-18(9-8-17)14-5-2-4-13-12(14)10-15-16-13;1-20(18,19)17-7-3-6-16(8-9-17)13-5-2-4-12-11(13)10-14-15-12;1-15(18(2,16)17)7-6-12-10-4-3-5-11-9(10)8-13-14-11/h6-8H,2-5,9H2,1H3,(H,16,21)(H,17,18);7-10H,3-6H2,1-2H3,(H,16,17);2,4-5,10H,3,6-9H2,1H3,(H,15,16);2,4-5,10H,3,6-9H2,1H3,(H,14,15);3-5,8,12H,6-7H2,1-2H3,(H,13,14). The number of amides is 2. The van der Waals surface area contributed by atoms with E-state index in [9.17, 15) is 34.8 Å². The second kappa shape index (κ2) is 33.4. The molecule has 0 spiro atoms. The van der Waals surface area contributed by atoms with Crippen LogP contribution in [-0.2, 0) is 39.7 Å². The minimum atomic E-state index is -3.18. The maximum atomic E-state index is 12.2. The molecule has 2 amide bonds. The lowest BCUT2D eigenvalue weighted by molar-refractivity contribution is -0.128. The number of aromatic amines is 5. The third-order valence-corrected chi connectivity index (χ3v) is 23.5. The van der Waals surface area contributed by atoms with Crippen LogP contribution in [0.4, 0.5) is 28.4 Å². The topological polar surface area (TPSA) is 333 Å². The number of piperazine rings is 2. The number of nitrogens with zero attached hydrogens (tertiary/aromatic N) is 14. The van der Waals surface area contributed by atoms with Gasteiger partial charge in [-0.3, -0.25) is 40.0 Å². The van der Waals surface area contributed by atoms with Gasteiger partial charge in [-0.25, -0.2) is 33.9 Å². The summed E-state index contributed by atoms with van der Waals surface area (Å²) in [5.41, 5.74) is 10.2. The zero-order valence-corrected chi connectivity index (χ0v) is 61.3. The highest BCUT2D eigenvalue weighted by Gasteiger charge is 2.31. The van der Waals surface area contributed by atoms with Gasteiger partial charge in [0.1, 0.15) is 0 Å². The second-order valence-corrected chi connectivity index (χ2v) is 32.6. The van der Waals surface area contributed by atoms with Crippen LogP contribution in [0.3, 0.4) is 0 Å². The van der Waals surface area contributed by atoms with Crippen molar-refractivity contribution in [1.82, 2.24) is 79.0 Å². The first-order valence-electron chi connectivity index (χ1n) is 33.1. The van der Waals surface area contributed by atoms with E-state index in [1.807, 2.05) is 90.2 Å². The van der Waals surface area contributed by atoms with Crippen molar-refractivity contribution in [3.05, 3.63) is 120 Å². The first-order valence-corrected chi connectivity index (χ1v) is 39.1. The van der Waals surface area contributed by atoms with Crippen molar-refractivity contribution in [3.8, 4) is 0 Å². The summed E-state index contributed by atoms with van der Waals surface area (Å²) in [5, 5.41) is 47.2. The van der Waals surface area contributed by atoms with Gasteiger partial charge in [0.05, 0.1) is 82.9 Å². The van der Waals surface area contributed by atoms with Crippen LogP contribution in [-0.4, -0.2) is 267 Å². The van der Waals surface area contributed by atoms with Gasteiger partial charge in [0.15, 0.2) is 0 Å². The predicted octanol–water partition coefficient (Wildman–Crippen LogP) is 6.68. The lowest BCUT2D eigenvalue weighted by Crippen LogP contribution is -2.50. The van der Waals surface area contributed by atoms with Crippen LogP contribution in [0.2, 0.25) is 10.0 Å². The van der Waals surface area contributed by atoms with Gasteiger partial charge < -0.3 is 35.1 Å². The van der Waals surface area contributed by atoms with Crippen LogP contribution in [0, 0.1) is 0 Å². The summed E-state index contributed by atoms with van der Waals surface area (Å²) < 4.78 is 74.6. The number of sulfonamides is 3. The van der Waals surface area contributed by atoms with E-state index in [-0.39, 0.29) is 17.1 Å². The number of halogens is 2. The molecule has 0 atom stereocenters. The van der Waals surface area contributed by atoms with Gasteiger partial charge in [0, 0.05) is 204 Å². The summed E-state index contributed by atoms with van der Waals surface area (Å²) in [6.45, 7) is 18.5. The Morgan fingerprint density at radius 3 is 1.41 bits per heavy atom. The molecule has 10 aromatic rings. The minimum Gasteiger partial charge on any atom is -0.383 e. The molecule has 5 aromatic heterocycles. The van der Waals surface area contributed by atoms with E-state index in [4.69, 9.17) is 23.2 Å². The molecule has 4 saturated heterocycles. The largest absolute Gasteiger partial charge is 0.383 e. The van der Waals surface area contributed by atoms with Crippen LogP contribution < -0.4 is 30.2 Å². The van der Waals surface area contributed by atoms with Crippen LogP contribution >= 0.6 is 23.2 Å². The summed E-state index contributed by atoms with van der Waals surface area (Å²) in [6, 6.07) is 25.7. The van der Waals surface area contributed by atoms with Crippen molar-refractivity contribution >= 4 is 148 Å². The van der Waals surface area contributed by atoms with Crippen molar-refractivity contribution in [3.63, 3.8) is 0 Å². The number of nitrogens with one attached hydrogen (secondary N) is 7. The molecular weight excluding hydrogens is 1380 g/mol.